The molecule has 0 bridgehead atoms. The highest BCUT2D eigenvalue weighted by atomic mass is 79.9. The van der Waals surface area contributed by atoms with Gasteiger partial charge < -0.3 is 4.74 Å². The first-order valence-electron chi connectivity index (χ1n) is 3.43. The van der Waals surface area contributed by atoms with E-state index in [2.05, 4.69) is 30.7 Å². The van der Waals surface area contributed by atoms with E-state index in [-0.39, 0.29) is 0 Å². The zero-order valence-corrected chi connectivity index (χ0v) is 8.75. The fourth-order valence-corrected chi connectivity index (χ4v) is 1.52. The third-order valence-corrected chi connectivity index (χ3v) is 2.25. The Morgan fingerprint density at radius 3 is 3.00 bits per heavy atom. The van der Waals surface area contributed by atoms with Crippen LogP contribution in [0.15, 0.2) is 28.7 Å². The van der Waals surface area contributed by atoms with E-state index in [9.17, 15) is 0 Å². The van der Waals surface area contributed by atoms with Crippen LogP contribution < -0.4 is 4.74 Å². The standard InChI is InChI=1S/C7H4BrN3OS/c8-5-2-1-3-6(4-5)12-7-9-10-11-13-7/h1-4H. The zero-order valence-electron chi connectivity index (χ0n) is 6.35. The SMILES string of the molecule is Brc1cccc(Oc2nnns2)c1. The molecule has 0 saturated carbocycles. The predicted molar refractivity (Wildman–Crippen MR) is 51.9 cm³/mol. The lowest BCUT2D eigenvalue weighted by atomic mass is 10.3. The molecule has 0 aliphatic carbocycles. The van der Waals surface area contributed by atoms with Crippen molar-refractivity contribution < 1.29 is 4.74 Å². The maximum Gasteiger partial charge on any atom is 0.319 e. The van der Waals surface area contributed by atoms with Crippen molar-refractivity contribution in [3.8, 4) is 10.9 Å². The van der Waals surface area contributed by atoms with Crippen LogP contribution in [-0.4, -0.2) is 14.8 Å². The summed E-state index contributed by atoms with van der Waals surface area (Å²) in [6.45, 7) is 0. The third-order valence-electron chi connectivity index (χ3n) is 1.28. The van der Waals surface area contributed by atoms with Gasteiger partial charge in [0.2, 0.25) is 0 Å². The lowest BCUT2D eigenvalue weighted by molar-refractivity contribution is 0.472. The number of halogens is 1. The van der Waals surface area contributed by atoms with E-state index in [0.717, 1.165) is 16.0 Å². The Hall–Kier alpha value is -1.01. The summed E-state index contributed by atoms with van der Waals surface area (Å²) >= 11 is 4.45. The number of ether oxygens (including phenoxy) is 1. The molecule has 0 amide bonds. The Morgan fingerprint density at radius 2 is 2.31 bits per heavy atom. The molecule has 0 N–H and O–H groups in total. The molecule has 1 heterocycles. The number of rotatable bonds is 2. The Kier molecular flexibility index (Phi) is 2.51. The molecule has 6 heteroatoms. The van der Waals surface area contributed by atoms with Gasteiger partial charge in [0.1, 0.15) is 5.75 Å². The molecule has 4 nitrogen and oxygen atoms in total. The summed E-state index contributed by atoms with van der Waals surface area (Å²) in [6, 6.07) is 7.49. The minimum absolute atomic E-state index is 0.443. The quantitative estimate of drug-likeness (QED) is 0.830. The summed E-state index contributed by atoms with van der Waals surface area (Å²) in [5.74, 6) is 0.716. The molecule has 0 atom stereocenters. The first-order valence-corrected chi connectivity index (χ1v) is 5.00. The minimum atomic E-state index is 0.443. The molecule has 66 valence electrons. The van der Waals surface area contributed by atoms with Crippen LogP contribution >= 0.6 is 27.5 Å². The molecule has 13 heavy (non-hydrogen) atoms. The Morgan fingerprint density at radius 1 is 1.38 bits per heavy atom. The summed E-state index contributed by atoms with van der Waals surface area (Å²) in [7, 11) is 0. The van der Waals surface area contributed by atoms with Crippen LogP contribution in [-0.2, 0) is 0 Å². The molecule has 0 aliphatic rings. The summed E-state index contributed by atoms with van der Waals surface area (Å²) in [5, 5.41) is 7.53. The fraction of sp³-hybridized carbons (Fsp3) is 0. The summed E-state index contributed by atoms with van der Waals surface area (Å²) in [4.78, 5) is 0. The average molecular weight is 258 g/mol. The molecule has 2 aromatic rings. The van der Waals surface area contributed by atoms with E-state index < -0.39 is 0 Å². The van der Waals surface area contributed by atoms with Crippen LogP contribution in [0.2, 0.25) is 0 Å². The lowest BCUT2D eigenvalue weighted by Crippen LogP contribution is -1.82. The van der Waals surface area contributed by atoms with E-state index in [0.29, 0.717) is 10.9 Å². The van der Waals surface area contributed by atoms with E-state index in [1.54, 1.807) is 0 Å². The molecular weight excluding hydrogens is 254 g/mol. The van der Waals surface area contributed by atoms with Gasteiger partial charge in [0.05, 0.1) is 0 Å². The molecule has 0 spiro atoms. The number of nitrogens with zero attached hydrogens (tertiary/aromatic N) is 3. The van der Waals surface area contributed by atoms with Crippen LogP contribution in [0.5, 0.6) is 10.9 Å². The Labute approximate surface area is 86.8 Å². The normalized spacial score (nSPS) is 9.92. The van der Waals surface area contributed by atoms with Crippen molar-refractivity contribution in [3.63, 3.8) is 0 Å². The fourth-order valence-electron chi connectivity index (χ4n) is 0.797. The maximum atomic E-state index is 5.35. The highest BCUT2D eigenvalue weighted by molar-refractivity contribution is 9.10. The van der Waals surface area contributed by atoms with Gasteiger partial charge in [-0.05, 0) is 23.4 Å². The van der Waals surface area contributed by atoms with Crippen molar-refractivity contribution in [2.75, 3.05) is 0 Å². The van der Waals surface area contributed by atoms with Gasteiger partial charge in [-0.25, -0.2) is 0 Å². The lowest BCUT2D eigenvalue weighted by Gasteiger charge is -1.99. The van der Waals surface area contributed by atoms with E-state index in [4.69, 9.17) is 4.74 Å². The van der Waals surface area contributed by atoms with Crippen molar-refractivity contribution in [1.29, 1.82) is 0 Å². The Bertz CT molecular complexity index is 392. The van der Waals surface area contributed by atoms with Gasteiger partial charge in [0, 0.05) is 16.0 Å². The van der Waals surface area contributed by atoms with Crippen molar-refractivity contribution in [1.82, 2.24) is 14.8 Å². The maximum absolute atomic E-state index is 5.35. The zero-order chi connectivity index (χ0) is 9.10. The average Bonchev–Trinajstić information content (AvgIpc) is 2.57. The van der Waals surface area contributed by atoms with Crippen molar-refractivity contribution in [3.05, 3.63) is 28.7 Å². The minimum Gasteiger partial charge on any atom is -0.429 e. The molecule has 0 unspecified atom stereocenters. The van der Waals surface area contributed by atoms with Crippen molar-refractivity contribution in [2.24, 2.45) is 0 Å². The van der Waals surface area contributed by atoms with Crippen LogP contribution in [0.25, 0.3) is 0 Å². The third kappa shape index (κ3) is 2.22. The summed E-state index contributed by atoms with van der Waals surface area (Å²) < 4.78 is 9.90. The molecule has 0 fully saturated rings. The van der Waals surface area contributed by atoms with Crippen LogP contribution in [0.1, 0.15) is 0 Å². The highest BCUT2D eigenvalue weighted by Crippen LogP contribution is 2.23. The molecule has 2 rings (SSSR count). The number of aromatic nitrogens is 3. The van der Waals surface area contributed by atoms with Gasteiger partial charge in [0.15, 0.2) is 0 Å². The van der Waals surface area contributed by atoms with Gasteiger partial charge in [-0.2, -0.15) is 0 Å². The number of benzene rings is 1. The van der Waals surface area contributed by atoms with Gasteiger partial charge >= 0.3 is 5.19 Å². The van der Waals surface area contributed by atoms with Gasteiger partial charge in [-0.1, -0.05) is 31.6 Å². The van der Waals surface area contributed by atoms with Crippen LogP contribution in [0.3, 0.4) is 0 Å². The first-order chi connectivity index (χ1) is 6.34. The predicted octanol–water partition coefficient (Wildman–Crippen LogP) is 2.49. The monoisotopic (exact) mass is 257 g/mol. The first kappa shape index (κ1) is 8.58. The van der Waals surface area contributed by atoms with Gasteiger partial charge in [-0.3, -0.25) is 0 Å². The van der Waals surface area contributed by atoms with E-state index in [1.807, 2.05) is 24.3 Å². The molecule has 0 aliphatic heterocycles. The molecular formula is C7H4BrN3OS. The highest BCUT2D eigenvalue weighted by Gasteiger charge is 2.00. The topological polar surface area (TPSA) is 47.9 Å². The molecule has 0 saturated heterocycles. The van der Waals surface area contributed by atoms with Gasteiger partial charge in [0.25, 0.3) is 0 Å². The van der Waals surface area contributed by atoms with Crippen molar-refractivity contribution >= 4 is 27.5 Å². The van der Waals surface area contributed by atoms with E-state index in [1.165, 1.54) is 0 Å². The molecule has 1 aromatic carbocycles. The largest absolute Gasteiger partial charge is 0.429 e. The molecule has 0 radical (unpaired) electrons. The second-order valence-electron chi connectivity index (χ2n) is 2.19. The van der Waals surface area contributed by atoms with E-state index >= 15 is 0 Å². The van der Waals surface area contributed by atoms with Crippen LogP contribution in [0.4, 0.5) is 0 Å². The number of hydrogen-bond acceptors (Lipinski definition) is 5. The van der Waals surface area contributed by atoms with Gasteiger partial charge in [-0.15, -0.1) is 0 Å². The molecule has 1 aromatic heterocycles. The Balaban J connectivity index is 2.19. The number of hydrogen-bond donors (Lipinski definition) is 0. The summed E-state index contributed by atoms with van der Waals surface area (Å²) in [6.07, 6.45) is 0. The smallest absolute Gasteiger partial charge is 0.319 e. The van der Waals surface area contributed by atoms with Crippen molar-refractivity contribution in [2.45, 2.75) is 0 Å². The summed E-state index contributed by atoms with van der Waals surface area (Å²) in [5.41, 5.74) is 0. The van der Waals surface area contributed by atoms with Crippen LogP contribution in [0, 0.1) is 0 Å². The second-order valence-corrected chi connectivity index (χ2v) is 3.80. The second kappa shape index (κ2) is 3.80.